The summed E-state index contributed by atoms with van der Waals surface area (Å²) in [6.45, 7) is 0. The van der Waals surface area contributed by atoms with Gasteiger partial charge in [-0.15, -0.1) is 0 Å². The van der Waals surface area contributed by atoms with E-state index in [1.807, 2.05) is 0 Å². The fourth-order valence-electron chi connectivity index (χ4n) is 1.88. The lowest BCUT2D eigenvalue weighted by Crippen LogP contribution is -1.92. The van der Waals surface area contributed by atoms with Gasteiger partial charge in [-0.2, -0.15) is 4.98 Å². The molecule has 0 amide bonds. The van der Waals surface area contributed by atoms with Crippen LogP contribution < -0.4 is 0 Å². The topological polar surface area (TPSA) is 102 Å². The van der Waals surface area contributed by atoms with Crippen molar-refractivity contribution in [3.05, 3.63) is 58.6 Å². The first kappa shape index (κ1) is 12.8. The molecular weight excluding hydrogens is 274 g/mol. The van der Waals surface area contributed by atoms with Crippen molar-refractivity contribution in [2.24, 2.45) is 0 Å². The number of benzene rings is 2. The molecule has 0 unspecified atom stereocenters. The standard InChI is InChI=1S/C14H9N3O4/c18-10-7-5-9(6-8-10)14-15-13(16-21-14)11-3-1-2-4-12(11)17(19)20/h1-8,18H. The second kappa shape index (κ2) is 5.04. The second-order valence-electron chi connectivity index (χ2n) is 4.24. The molecule has 0 bridgehead atoms. The number of nitro benzene ring substituents is 1. The highest BCUT2D eigenvalue weighted by Gasteiger charge is 2.19. The van der Waals surface area contributed by atoms with Gasteiger partial charge in [0.15, 0.2) is 0 Å². The summed E-state index contributed by atoms with van der Waals surface area (Å²) in [6, 6.07) is 12.4. The minimum Gasteiger partial charge on any atom is -0.508 e. The zero-order valence-electron chi connectivity index (χ0n) is 10.6. The fourth-order valence-corrected chi connectivity index (χ4v) is 1.88. The molecular formula is C14H9N3O4. The molecule has 0 fully saturated rings. The van der Waals surface area contributed by atoms with E-state index in [0.29, 0.717) is 5.56 Å². The summed E-state index contributed by atoms with van der Waals surface area (Å²) >= 11 is 0. The normalized spacial score (nSPS) is 10.5. The van der Waals surface area contributed by atoms with Gasteiger partial charge in [0, 0.05) is 11.6 Å². The van der Waals surface area contributed by atoms with E-state index in [1.165, 1.54) is 18.2 Å². The van der Waals surface area contributed by atoms with Gasteiger partial charge >= 0.3 is 0 Å². The minimum atomic E-state index is -0.494. The Morgan fingerprint density at radius 1 is 1.10 bits per heavy atom. The van der Waals surface area contributed by atoms with Crippen LogP contribution in [-0.2, 0) is 0 Å². The number of para-hydroxylation sites is 1. The molecule has 0 atom stereocenters. The van der Waals surface area contributed by atoms with E-state index in [9.17, 15) is 15.2 Å². The van der Waals surface area contributed by atoms with Crippen LogP contribution in [0.5, 0.6) is 5.75 Å². The Morgan fingerprint density at radius 2 is 1.81 bits per heavy atom. The van der Waals surface area contributed by atoms with E-state index in [0.717, 1.165) is 0 Å². The number of hydrogen-bond acceptors (Lipinski definition) is 6. The first-order valence-electron chi connectivity index (χ1n) is 6.02. The van der Waals surface area contributed by atoms with Crippen LogP contribution in [0.1, 0.15) is 0 Å². The van der Waals surface area contributed by atoms with E-state index in [4.69, 9.17) is 4.52 Å². The summed E-state index contributed by atoms with van der Waals surface area (Å²) in [6.07, 6.45) is 0. The zero-order chi connectivity index (χ0) is 14.8. The average molecular weight is 283 g/mol. The lowest BCUT2D eigenvalue weighted by atomic mass is 10.1. The Bertz CT molecular complexity index is 796. The van der Waals surface area contributed by atoms with Gasteiger partial charge in [-0.05, 0) is 30.3 Å². The molecule has 0 radical (unpaired) electrons. The first-order chi connectivity index (χ1) is 10.1. The Kier molecular flexibility index (Phi) is 3.07. The number of rotatable bonds is 3. The SMILES string of the molecule is O=[N+]([O-])c1ccccc1-c1noc(-c2ccc(O)cc2)n1. The Balaban J connectivity index is 2.03. The number of nitro groups is 1. The van der Waals surface area contributed by atoms with Gasteiger partial charge in [0.05, 0.1) is 4.92 Å². The van der Waals surface area contributed by atoms with Crippen LogP contribution in [-0.4, -0.2) is 20.2 Å². The minimum absolute atomic E-state index is 0.0874. The summed E-state index contributed by atoms with van der Waals surface area (Å²) in [5, 5.41) is 24.0. The number of nitrogens with zero attached hydrogens (tertiary/aromatic N) is 3. The van der Waals surface area contributed by atoms with Crippen LogP contribution in [0.15, 0.2) is 53.1 Å². The summed E-state index contributed by atoms with van der Waals surface area (Å²) < 4.78 is 5.11. The van der Waals surface area contributed by atoms with E-state index in [2.05, 4.69) is 10.1 Å². The van der Waals surface area contributed by atoms with Crippen molar-refractivity contribution in [3.8, 4) is 28.6 Å². The first-order valence-corrected chi connectivity index (χ1v) is 6.02. The number of aromatic hydroxyl groups is 1. The third-order valence-corrected chi connectivity index (χ3v) is 2.88. The molecule has 7 nitrogen and oxygen atoms in total. The molecule has 7 heteroatoms. The van der Waals surface area contributed by atoms with Crippen LogP contribution in [0.25, 0.3) is 22.8 Å². The number of aromatic nitrogens is 2. The smallest absolute Gasteiger partial charge is 0.280 e. The van der Waals surface area contributed by atoms with Crippen molar-refractivity contribution in [1.29, 1.82) is 0 Å². The van der Waals surface area contributed by atoms with Crippen molar-refractivity contribution in [3.63, 3.8) is 0 Å². The molecule has 0 spiro atoms. The lowest BCUT2D eigenvalue weighted by molar-refractivity contribution is -0.384. The molecule has 3 rings (SSSR count). The second-order valence-corrected chi connectivity index (χ2v) is 4.24. The molecule has 0 saturated heterocycles. The van der Waals surface area contributed by atoms with Gasteiger partial charge in [0.2, 0.25) is 5.82 Å². The summed E-state index contributed by atoms with van der Waals surface area (Å²) in [5.41, 5.74) is 0.817. The summed E-state index contributed by atoms with van der Waals surface area (Å²) in [5.74, 6) is 0.491. The van der Waals surface area contributed by atoms with Crippen LogP contribution >= 0.6 is 0 Å². The monoisotopic (exact) mass is 283 g/mol. The van der Waals surface area contributed by atoms with Gasteiger partial charge in [0.1, 0.15) is 11.3 Å². The molecule has 0 aliphatic heterocycles. The van der Waals surface area contributed by atoms with E-state index in [-0.39, 0.29) is 28.7 Å². The van der Waals surface area contributed by atoms with E-state index >= 15 is 0 Å². The van der Waals surface area contributed by atoms with Crippen LogP contribution in [0.2, 0.25) is 0 Å². The summed E-state index contributed by atoms with van der Waals surface area (Å²) in [7, 11) is 0. The predicted molar refractivity (Wildman–Crippen MR) is 73.5 cm³/mol. The van der Waals surface area contributed by atoms with E-state index in [1.54, 1.807) is 30.3 Å². The van der Waals surface area contributed by atoms with Crippen LogP contribution in [0, 0.1) is 10.1 Å². The van der Waals surface area contributed by atoms with Crippen molar-refractivity contribution in [1.82, 2.24) is 10.1 Å². The van der Waals surface area contributed by atoms with Gasteiger partial charge in [-0.1, -0.05) is 17.3 Å². The molecule has 1 aromatic heterocycles. The summed E-state index contributed by atoms with van der Waals surface area (Å²) in [4.78, 5) is 14.7. The van der Waals surface area contributed by atoms with Gasteiger partial charge in [-0.3, -0.25) is 10.1 Å². The molecule has 104 valence electrons. The fraction of sp³-hybridized carbons (Fsp3) is 0. The highest BCUT2D eigenvalue weighted by atomic mass is 16.6. The van der Waals surface area contributed by atoms with Crippen LogP contribution in [0.4, 0.5) is 5.69 Å². The third kappa shape index (κ3) is 2.44. The van der Waals surface area contributed by atoms with Gasteiger partial charge in [-0.25, -0.2) is 0 Å². The number of phenolic OH excluding ortho intramolecular Hbond substituents is 1. The molecule has 1 N–H and O–H groups in total. The molecule has 3 aromatic rings. The largest absolute Gasteiger partial charge is 0.508 e. The highest BCUT2D eigenvalue weighted by Crippen LogP contribution is 2.29. The highest BCUT2D eigenvalue weighted by molar-refractivity contribution is 5.69. The Hall–Kier alpha value is -3.22. The molecule has 1 heterocycles. The number of hydrogen-bond donors (Lipinski definition) is 1. The average Bonchev–Trinajstić information content (AvgIpc) is 2.97. The molecule has 21 heavy (non-hydrogen) atoms. The lowest BCUT2D eigenvalue weighted by Gasteiger charge is -1.96. The quantitative estimate of drug-likeness (QED) is 0.585. The maximum atomic E-state index is 11.0. The molecule has 0 aliphatic rings. The molecule has 0 saturated carbocycles. The van der Waals surface area contributed by atoms with Crippen molar-refractivity contribution < 1.29 is 14.6 Å². The predicted octanol–water partition coefficient (Wildman–Crippen LogP) is 3.02. The van der Waals surface area contributed by atoms with Crippen LogP contribution in [0.3, 0.4) is 0 Å². The van der Waals surface area contributed by atoms with Crippen molar-refractivity contribution >= 4 is 5.69 Å². The maximum Gasteiger partial charge on any atom is 0.280 e. The maximum absolute atomic E-state index is 11.0. The number of phenols is 1. The van der Waals surface area contributed by atoms with Crippen molar-refractivity contribution in [2.45, 2.75) is 0 Å². The molecule has 2 aromatic carbocycles. The Labute approximate surface area is 118 Å². The van der Waals surface area contributed by atoms with E-state index < -0.39 is 4.92 Å². The van der Waals surface area contributed by atoms with Crippen molar-refractivity contribution in [2.75, 3.05) is 0 Å². The van der Waals surface area contributed by atoms with Gasteiger partial charge < -0.3 is 9.63 Å². The molecule has 0 aliphatic carbocycles. The van der Waals surface area contributed by atoms with Gasteiger partial charge in [0.25, 0.3) is 11.6 Å². The third-order valence-electron chi connectivity index (χ3n) is 2.88. The zero-order valence-corrected chi connectivity index (χ0v) is 10.6. The Morgan fingerprint density at radius 3 is 2.52 bits per heavy atom.